The van der Waals surface area contributed by atoms with E-state index in [0.29, 0.717) is 6.42 Å². The van der Waals surface area contributed by atoms with Crippen molar-refractivity contribution in [3.63, 3.8) is 0 Å². The molecular weight excluding hydrogens is 390 g/mol. The summed E-state index contributed by atoms with van der Waals surface area (Å²) in [6, 6.07) is 6.39. The molecule has 1 aromatic carbocycles. The van der Waals surface area contributed by atoms with Crippen molar-refractivity contribution in [1.29, 1.82) is 0 Å². The Morgan fingerprint density at radius 1 is 1.07 bits per heavy atom. The standard InChI is InChI=1S/C20H35N5O5/c1-12(2)8-14(25-20(29)30-11-13-6-4-3-5-7-13)19(28)24-10-16(27)18(23)17(22)15(26)9-21/h3-7,12,14-18,26-27H,8-11,21-23H2,1-2H3,(H,24,28)(H,25,29)/t14-,15?,16?,17?,18?/m0/s1. The lowest BCUT2D eigenvalue weighted by atomic mass is 9.98. The van der Waals surface area contributed by atoms with Gasteiger partial charge in [-0.15, -0.1) is 0 Å². The van der Waals surface area contributed by atoms with Crippen molar-refractivity contribution in [2.45, 2.75) is 57.2 Å². The fraction of sp³-hybridized carbons (Fsp3) is 0.600. The molecular formula is C20H35N5O5. The van der Waals surface area contributed by atoms with Crippen LogP contribution in [-0.2, 0) is 16.1 Å². The molecule has 0 aromatic heterocycles. The van der Waals surface area contributed by atoms with Crippen molar-refractivity contribution in [1.82, 2.24) is 10.6 Å². The minimum Gasteiger partial charge on any atom is -0.445 e. The fourth-order valence-corrected chi connectivity index (χ4v) is 2.74. The second-order valence-corrected chi connectivity index (χ2v) is 7.66. The smallest absolute Gasteiger partial charge is 0.408 e. The van der Waals surface area contributed by atoms with Gasteiger partial charge in [0.1, 0.15) is 12.6 Å². The molecule has 0 saturated heterocycles. The second kappa shape index (κ2) is 13.1. The number of amides is 2. The first-order chi connectivity index (χ1) is 14.1. The molecule has 0 fully saturated rings. The Hall–Kier alpha value is -2.24. The van der Waals surface area contributed by atoms with Crippen LogP contribution < -0.4 is 27.8 Å². The molecule has 4 unspecified atom stereocenters. The Morgan fingerprint density at radius 2 is 1.67 bits per heavy atom. The van der Waals surface area contributed by atoms with Gasteiger partial charge in [0, 0.05) is 25.2 Å². The lowest BCUT2D eigenvalue weighted by Crippen LogP contribution is -2.59. The molecule has 10 N–H and O–H groups in total. The monoisotopic (exact) mass is 425 g/mol. The van der Waals surface area contributed by atoms with E-state index >= 15 is 0 Å². The van der Waals surface area contributed by atoms with Gasteiger partial charge in [0.05, 0.1) is 12.2 Å². The van der Waals surface area contributed by atoms with Gasteiger partial charge < -0.3 is 42.8 Å². The molecule has 0 aliphatic carbocycles. The van der Waals surface area contributed by atoms with Crippen LogP contribution in [0.5, 0.6) is 0 Å². The zero-order chi connectivity index (χ0) is 22.7. The van der Waals surface area contributed by atoms with E-state index < -0.39 is 42.3 Å². The van der Waals surface area contributed by atoms with Crippen LogP contribution in [0.4, 0.5) is 4.79 Å². The zero-order valence-electron chi connectivity index (χ0n) is 17.5. The number of aliphatic hydroxyl groups is 2. The van der Waals surface area contributed by atoms with Crippen molar-refractivity contribution >= 4 is 12.0 Å². The summed E-state index contributed by atoms with van der Waals surface area (Å²) in [4.78, 5) is 24.7. The first-order valence-electron chi connectivity index (χ1n) is 9.98. The maximum atomic E-state index is 12.5. The highest BCUT2D eigenvalue weighted by Crippen LogP contribution is 2.07. The highest BCUT2D eigenvalue weighted by atomic mass is 16.5. The molecule has 30 heavy (non-hydrogen) atoms. The SMILES string of the molecule is CC(C)C[C@H](NC(=O)OCc1ccccc1)C(=O)NCC(O)C(N)C(N)C(O)CN. The number of alkyl carbamates (subject to hydrolysis) is 1. The minimum atomic E-state index is -1.20. The fourth-order valence-electron chi connectivity index (χ4n) is 2.74. The van der Waals surface area contributed by atoms with E-state index in [2.05, 4.69) is 10.6 Å². The number of carbonyl (C=O) groups excluding carboxylic acids is 2. The van der Waals surface area contributed by atoms with Gasteiger partial charge in [0.15, 0.2) is 0 Å². The summed E-state index contributed by atoms with van der Waals surface area (Å²) in [7, 11) is 0. The molecule has 1 rings (SSSR count). The molecule has 0 radical (unpaired) electrons. The summed E-state index contributed by atoms with van der Waals surface area (Å²) in [5.74, 6) is -0.366. The van der Waals surface area contributed by atoms with Crippen molar-refractivity contribution in [2.75, 3.05) is 13.1 Å². The number of carbonyl (C=O) groups is 2. The Balaban J connectivity index is 2.58. The predicted molar refractivity (Wildman–Crippen MR) is 113 cm³/mol. The number of aliphatic hydroxyl groups excluding tert-OH is 2. The van der Waals surface area contributed by atoms with Crippen molar-refractivity contribution in [3.8, 4) is 0 Å². The molecule has 0 saturated carbocycles. The molecule has 2 amide bonds. The van der Waals surface area contributed by atoms with E-state index in [9.17, 15) is 19.8 Å². The van der Waals surface area contributed by atoms with Crippen LogP contribution in [0, 0.1) is 5.92 Å². The lowest BCUT2D eigenvalue weighted by Gasteiger charge is -2.28. The molecule has 0 aliphatic rings. The van der Waals surface area contributed by atoms with Crippen LogP contribution in [-0.4, -0.2) is 65.6 Å². The first-order valence-corrected chi connectivity index (χ1v) is 9.98. The van der Waals surface area contributed by atoms with Gasteiger partial charge in [-0.25, -0.2) is 4.79 Å². The Morgan fingerprint density at radius 3 is 2.23 bits per heavy atom. The average molecular weight is 426 g/mol. The van der Waals surface area contributed by atoms with Crippen molar-refractivity contribution in [3.05, 3.63) is 35.9 Å². The van der Waals surface area contributed by atoms with Gasteiger partial charge in [0.25, 0.3) is 0 Å². The van der Waals surface area contributed by atoms with Crippen LogP contribution >= 0.6 is 0 Å². The average Bonchev–Trinajstić information content (AvgIpc) is 2.73. The van der Waals surface area contributed by atoms with Gasteiger partial charge in [-0.1, -0.05) is 44.2 Å². The number of hydrogen-bond donors (Lipinski definition) is 7. The predicted octanol–water partition coefficient (Wildman–Crippen LogP) is -1.22. The molecule has 0 aliphatic heterocycles. The summed E-state index contributed by atoms with van der Waals surface area (Å²) in [6.07, 6.45) is -2.61. The number of ether oxygens (including phenoxy) is 1. The van der Waals surface area contributed by atoms with E-state index in [1.807, 2.05) is 44.2 Å². The molecule has 10 nitrogen and oxygen atoms in total. The van der Waals surface area contributed by atoms with E-state index in [1.54, 1.807) is 0 Å². The number of benzene rings is 1. The molecule has 0 spiro atoms. The van der Waals surface area contributed by atoms with E-state index in [4.69, 9.17) is 21.9 Å². The number of nitrogens with two attached hydrogens (primary N) is 3. The highest BCUT2D eigenvalue weighted by molar-refractivity contribution is 5.85. The number of rotatable bonds is 12. The van der Waals surface area contributed by atoms with Crippen LogP contribution in [0.1, 0.15) is 25.8 Å². The van der Waals surface area contributed by atoms with Crippen LogP contribution in [0.15, 0.2) is 30.3 Å². The third kappa shape index (κ3) is 9.06. The van der Waals surface area contributed by atoms with Gasteiger partial charge in [-0.05, 0) is 17.9 Å². The number of hydrogen-bond acceptors (Lipinski definition) is 8. The number of nitrogens with one attached hydrogen (secondary N) is 2. The van der Waals surface area contributed by atoms with Gasteiger partial charge in [-0.2, -0.15) is 0 Å². The first kappa shape index (κ1) is 25.8. The summed E-state index contributed by atoms with van der Waals surface area (Å²) < 4.78 is 5.17. The molecule has 170 valence electrons. The van der Waals surface area contributed by atoms with Crippen LogP contribution in [0.25, 0.3) is 0 Å². The maximum absolute atomic E-state index is 12.5. The third-order valence-electron chi connectivity index (χ3n) is 4.59. The topological polar surface area (TPSA) is 186 Å². The summed E-state index contributed by atoms with van der Waals surface area (Å²) in [5, 5.41) is 24.9. The Kier molecular flexibility index (Phi) is 11.3. The maximum Gasteiger partial charge on any atom is 0.408 e. The Bertz CT molecular complexity index is 646. The summed E-state index contributed by atoms with van der Waals surface area (Å²) in [6.45, 7) is 3.61. The third-order valence-corrected chi connectivity index (χ3v) is 4.59. The van der Waals surface area contributed by atoms with Crippen molar-refractivity contribution in [2.24, 2.45) is 23.1 Å². The second-order valence-electron chi connectivity index (χ2n) is 7.66. The quantitative estimate of drug-likeness (QED) is 0.217. The highest BCUT2D eigenvalue weighted by Gasteiger charge is 2.28. The van der Waals surface area contributed by atoms with Crippen molar-refractivity contribution < 1.29 is 24.5 Å². The largest absolute Gasteiger partial charge is 0.445 e. The summed E-state index contributed by atoms with van der Waals surface area (Å²) in [5.41, 5.74) is 17.7. The normalized spacial score (nSPS) is 16.3. The van der Waals surface area contributed by atoms with Gasteiger partial charge >= 0.3 is 6.09 Å². The minimum absolute atomic E-state index is 0.0810. The molecule has 1 aromatic rings. The van der Waals surface area contributed by atoms with Crippen LogP contribution in [0.3, 0.4) is 0 Å². The molecule has 10 heteroatoms. The molecule has 5 atom stereocenters. The van der Waals surface area contributed by atoms with Gasteiger partial charge in [0.2, 0.25) is 5.91 Å². The Labute approximate surface area is 177 Å². The van der Waals surface area contributed by atoms with E-state index in [-0.39, 0.29) is 25.6 Å². The lowest BCUT2D eigenvalue weighted by molar-refractivity contribution is -0.124. The summed E-state index contributed by atoms with van der Waals surface area (Å²) >= 11 is 0. The zero-order valence-corrected chi connectivity index (χ0v) is 17.5. The molecule has 0 bridgehead atoms. The molecule has 0 heterocycles. The van der Waals surface area contributed by atoms with E-state index in [1.165, 1.54) is 0 Å². The van der Waals surface area contributed by atoms with E-state index in [0.717, 1.165) is 5.56 Å². The van der Waals surface area contributed by atoms with Crippen LogP contribution in [0.2, 0.25) is 0 Å². The van der Waals surface area contributed by atoms with Gasteiger partial charge in [-0.3, -0.25) is 4.79 Å².